The van der Waals surface area contributed by atoms with E-state index in [1.165, 1.54) is 0 Å². The Hall–Kier alpha value is -2.69. The average molecular weight is 501 g/mol. The molecule has 2 aromatic rings. The number of nitrogens with zero attached hydrogens (tertiary/aromatic N) is 5. The molecule has 4 heterocycles. The van der Waals surface area contributed by atoms with Crippen molar-refractivity contribution < 1.29 is 14.3 Å². The van der Waals surface area contributed by atoms with Crippen molar-refractivity contribution in [1.82, 2.24) is 24.7 Å². The minimum Gasteiger partial charge on any atom is -0.379 e. The Morgan fingerprint density at radius 1 is 1.23 bits per heavy atom. The maximum Gasteiger partial charge on any atom is 0.318 e. The molecule has 35 heavy (non-hydrogen) atoms. The summed E-state index contributed by atoms with van der Waals surface area (Å²) in [7, 11) is 1.98. The molecule has 2 aromatic heterocycles. The first-order valence-electron chi connectivity index (χ1n) is 12.1. The molecule has 2 aliphatic rings. The van der Waals surface area contributed by atoms with Crippen molar-refractivity contribution in [2.75, 3.05) is 45.9 Å². The molecule has 1 saturated heterocycles. The Labute approximate surface area is 211 Å². The summed E-state index contributed by atoms with van der Waals surface area (Å²) in [5.41, 5.74) is 1.52. The van der Waals surface area contributed by atoms with E-state index in [-0.39, 0.29) is 24.5 Å². The number of rotatable bonds is 7. The lowest BCUT2D eigenvalue weighted by molar-refractivity contribution is -0.133. The number of carbonyl (C=O) groups excluding carboxylic acids is 2. The van der Waals surface area contributed by atoms with Gasteiger partial charge in [0.25, 0.3) is 5.91 Å². The fraction of sp³-hybridized carbons (Fsp3) is 0.560. The van der Waals surface area contributed by atoms with Crippen LogP contribution in [-0.2, 0) is 16.6 Å². The number of hydrogen-bond donors (Lipinski definition) is 1. The van der Waals surface area contributed by atoms with Gasteiger partial charge >= 0.3 is 6.03 Å². The first-order chi connectivity index (χ1) is 16.7. The summed E-state index contributed by atoms with van der Waals surface area (Å²) in [4.78, 5) is 31.8. The zero-order valence-corrected chi connectivity index (χ0v) is 21.9. The van der Waals surface area contributed by atoms with E-state index in [0.29, 0.717) is 32.7 Å². The van der Waals surface area contributed by atoms with Gasteiger partial charge < -0.3 is 19.5 Å². The molecule has 0 aromatic carbocycles. The molecule has 0 aliphatic carbocycles. The van der Waals surface area contributed by atoms with E-state index in [1.807, 2.05) is 68.2 Å². The molecule has 1 N–H and O–H groups in total. The van der Waals surface area contributed by atoms with Gasteiger partial charge in [-0.3, -0.25) is 9.69 Å². The SMILES string of the molecule is Cn1cccc1C1CC(c2cccs2)=NN1C(=O)CN(CCN1CCOCC1)C(=O)NC(C)(C)C. The number of hydrogen-bond acceptors (Lipinski definition) is 6. The smallest absolute Gasteiger partial charge is 0.318 e. The number of amides is 3. The van der Waals surface area contributed by atoms with Crippen LogP contribution >= 0.6 is 11.3 Å². The summed E-state index contributed by atoms with van der Waals surface area (Å²) < 4.78 is 7.47. The van der Waals surface area contributed by atoms with Gasteiger partial charge in [-0.15, -0.1) is 11.3 Å². The van der Waals surface area contributed by atoms with Gasteiger partial charge in [-0.1, -0.05) is 6.07 Å². The lowest BCUT2D eigenvalue weighted by Gasteiger charge is -2.32. The highest BCUT2D eigenvalue weighted by Crippen LogP contribution is 2.34. The van der Waals surface area contributed by atoms with Crippen LogP contribution in [0.5, 0.6) is 0 Å². The number of ether oxygens (including phenoxy) is 1. The molecule has 0 spiro atoms. The zero-order chi connectivity index (χ0) is 25.0. The summed E-state index contributed by atoms with van der Waals surface area (Å²) in [6, 6.07) is 7.59. The van der Waals surface area contributed by atoms with Crippen LogP contribution < -0.4 is 5.32 Å². The van der Waals surface area contributed by atoms with Crippen LogP contribution in [0.2, 0.25) is 0 Å². The lowest BCUT2D eigenvalue weighted by atomic mass is 10.1. The molecule has 0 radical (unpaired) electrons. The average Bonchev–Trinajstić information content (AvgIpc) is 3.56. The maximum atomic E-state index is 13.7. The molecule has 190 valence electrons. The highest BCUT2D eigenvalue weighted by Gasteiger charge is 2.36. The highest BCUT2D eigenvalue weighted by atomic mass is 32.1. The Balaban J connectivity index is 1.53. The molecule has 0 bridgehead atoms. The Bertz CT molecular complexity index is 1040. The highest BCUT2D eigenvalue weighted by molar-refractivity contribution is 7.12. The van der Waals surface area contributed by atoms with Crippen molar-refractivity contribution in [3.05, 3.63) is 46.4 Å². The van der Waals surface area contributed by atoms with E-state index < -0.39 is 5.54 Å². The standard InChI is InChI=1S/C25H36N6O3S/c1-25(2,3)26-24(33)30(11-10-29-12-14-34-15-13-29)18-23(32)31-21(20-7-5-9-28(20)4)17-19(27-31)22-8-6-16-35-22/h5-9,16,21H,10-15,17-18H2,1-4H3,(H,26,33). The topological polar surface area (TPSA) is 82.4 Å². The summed E-state index contributed by atoms with van der Waals surface area (Å²) >= 11 is 1.62. The van der Waals surface area contributed by atoms with Crippen LogP contribution in [0.3, 0.4) is 0 Å². The van der Waals surface area contributed by atoms with E-state index in [0.717, 1.165) is 29.4 Å². The largest absolute Gasteiger partial charge is 0.379 e. The predicted octanol–water partition coefficient (Wildman–Crippen LogP) is 2.91. The van der Waals surface area contributed by atoms with Gasteiger partial charge in [0.05, 0.1) is 23.8 Å². The van der Waals surface area contributed by atoms with Gasteiger partial charge in [0.2, 0.25) is 0 Å². The van der Waals surface area contributed by atoms with Gasteiger partial charge in [0.1, 0.15) is 12.6 Å². The first kappa shape index (κ1) is 25.4. The number of morpholine rings is 1. The molecule has 0 saturated carbocycles. The third kappa shape index (κ3) is 6.50. The summed E-state index contributed by atoms with van der Waals surface area (Å²) in [5.74, 6) is -0.186. The Morgan fingerprint density at radius 2 is 2.00 bits per heavy atom. The summed E-state index contributed by atoms with van der Waals surface area (Å²) in [6.45, 7) is 9.99. The molecule has 1 unspecified atom stereocenters. The second-order valence-electron chi connectivity index (χ2n) is 10.1. The normalized spacial score (nSPS) is 19.0. The number of urea groups is 1. The molecule has 3 amide bonds. The van der Waals surface area contributed by atoms with Crippen LogP contribution in [0.4, 0.5) is 4.79 Å². The fourth-order valence-corrected chi connectivity index (χ4v) is 5.08. The monoisotopic (exact) mass is 500 g/mol. The molecule has 10 heteroatoms. The van der Waals surface area contributed by atoms with E-state index >= 15 is 0 Å². The number of carbonyl (C=O) groups is 2. The Morgan fingerprint density at radius 3 is 2.63 bits per heavy atom. The van der Waals surface area contributed by atoms with E-state index in [9.17, 15) is 9.59 Å². The quantitative estimate of drug-likeness (QED) is 0.634. The number of thiophene rings is 1. The van der Waals surface area contributed by atoms with E-state index in [4.69, 9.17) is 9.84 Å². The molecule has 2 aliphatic heterocycles. The number of nitrogens with one attached hydrogen (secondary N) is 1. The van der Waals surface area contributed by atoms with E-state index in [2.05, 4.69) is 10.2 Å². The van der Waals surface area contributed by atoms with Crippen molar-refractivity contribution in [2.45, 2.75) is 38.8 Å². The van der Waals surface area contributed by atoms with Gasteiger partial charge in [-0.2, -0.15) is 5.10 Å². The van der Waals surface area contributed by atoms with Crippen LogP contribution in [0.25, 0.3) is 0 Å². The van der Waals surface area contributed by atoms with Crippen molar-refractivity contribution in [3.63, 3.8) is 0 Å². The lowest BCUT2D eigenvalue weighted by Crippen LogP contribution is -2.53. The van der Waals surface area contributed by atoms with Gasteiger partial charge in [-0.25, -0.2) is 9.80 Å². The van der Waals surface area contributed by atoms with Gasteiger partial charge in [-0.05, 0) is 44.4 Å². The second kappa shape index (κ2) is 10.9. The maximum absolute atomic E-state index is 13.7. The molecular weight excluding hydrogens is 464 g/mol. The van der Waals surface area contributed by atoms with Crippen molar-refractivity contribution >= 4 is 29.0 Å². The van der Waals surface area contributed by atoms with Gasteiger partial charge in [0.15, 0.2) is 0 Å². The minimum atomic E-state index is -0.402. The van der Waals surface area contributed by atoms with Crippen molar-refractivity contribution in [3.8, 4) is 0 Å². The zero-order valence-electron chi connectivity index (χ0n) is 21.1. The number of aromatic nitrogens is 1. The van der Waals surface area contributed by atoms with Crippen LogP contribution in [-0.4, -0.2) is 88.5 Å². The molecule has 1 fully saturated rings. The van der Waals surface area contributed by atoms with E-state index in [1.54, 1.807) is 21.2 Å². The van der Waals surface area contributed by atoms with Crippen LogP contribution in [0.1, 0.15) is 43.8 Å². The predicted molar refractivity (Wildman–Crippen MR) is 138 cm³/mol. The van der Waals surface area contributed by atoms with Crippen molar-refractivity contribution in [1.29, 1.82) is 0 Å². The Kier molecular flexibility index (Phi) is 7.93. The first-order valence-corrected chi connectivity index (χ1v) is 13.0. The number of aryl methyl sites for hydroxylation is 1. The third-order valence-electron chi connectivity index (χ3n) is 6.18. The minimum absolute atomic E-state index is 0.0333. The fourth-order valence-electron chi connectivity index (χ4n) is 4.36. The molecule has 9 nitrogen and oxygen atoms in total. The van der Waals surface area contributed by atoms with Gasteiger partial charge in [0, 0.05) is 57.1 Å². The summed E-state index contributed by atoms with van der Waals surface area (Å²) in [5, 5.41) is 11.4. The van der Waals surface area contributed by atoms with Crippen molar-refractivity contribution in [2.24, 2.45) is 12.1 Å². The van der Waals surface area contributed by atoms with Crippen LogP contribution in [0.15, 0.2) is 40.9 Å². The third-order valence-corrected chi connectivity index (χ3v) is 7.10. The molecular formula is C25H36N6O3S. The molecule has 4 rings (SSSR count). The second-order valence-corrected chi connectivity index (χ2v) is 11.0. The van der Waals surface area contributed by atoms with Crippen LogP contribution in [0, 0.1) is 0 Å². The summed E-state index contributed by atoms with van der Waals surface area (Å²) in [6.07, 6.45) is 2.62. The number of hydrazone groups is 1. The molecule has 1 atom stereocenters.